The van der Waals surface area contributed by atoms with Crippen molar-refractivity contribution >= 4 is 11.7 Å². The summed E-state index contributed by atoms with van der Waals surface area (Å²) < 4.78 is 0. The third-order valence-corrected chi connectivity index (χ3v) is 4.69. The molecule has 3 rings (SSSR count). The van der Waals surface area contributed by atoms with Crippen molar-refractivity contribution in [3.8, 4) is 18.4 Å². The summed E-state index contributed by atoms with van der Waals surface area (Å²) in [7, 11) is 0. The highest BCUT2D eigenvalue weighted by atomic mass is 16.4. The molecule has 2 aromatic carbocycles. The third kappa shape index (κ3) is 4.67. The Hall–Kier alpha value is -3.28. The fourth-order valence-electron chi connectivity index (χ4n) is 3.35. The molecular weight excluding hydrogens is 338 g/mol. The van der Waals surface area contributed by atoms with Gasteiger partial charge in [-0.05, 0) is 73.5 Å². The highest BCUT2D eigenvalue weighted by Gasteiger charge is 2.21. The van der Waals surface area contributed by atoms with Crippen molar-refractivity contribution in [2.45, 2.75) is 25.4 Å². The minimum Gasteiger partial charge on any atom is -0.479 e. The number of anilines is 1. The van der Waals surface area contributed by atoms with Crippen molar-refractivity contribution in [2.75, 3.05) is 18.4 Å². The van der Waals surface area contributed by atoms with Gasteiger partial charge in [0.2, 0.25) is 0 Å². The topological polar surface area (TPSA) is 76.4 Å². The van der Waals surface area contributed by atoms with Crippen molar-refractivity contribution in [2.24, 2.45) is 0 Å². The van der Waals surface area contributed by atoms with Gasteiger partial charge in [0, 0.05) is 17.8 Å². The zero-order valence-electron chi connectivity index (χ0n) is 15.0. The molecule has 2 aromatic rings. The molecule has 0 saturated carbocycles. The first-order valence-electron chi connectivity index (χ1n) is 8.91. The Morgan fingerprint density at radius 3 is 2.48 bits per heavy atom. The van der Waals surface area contributed by atoms with Gasteiger partial charge in [-0.2, -0.15) is 5.26 Å². The van der Waals surface area contributed by atoms with Gasteiger partial charge in [0.25, 0.3) is 0 Å². The van der Waals surface area contributed by atoms with Crippen molar-refractivity contribution in [3.63, 3.8) is 0 Å². The Morgan fingerprint density at radius 2 is 1.89 bits per heavy atom. The van der Waals surface area contributed by atoms with E-state index in [4.69, 9.17) is 11.7 Å². The molecular formula is C22H21N3O2. The van der Waals surface area contributed by atoms with E-state index in [2.05, 4.69) is 16.1 Å². The molecule has 5 nitrogen and oxygen atoms in total. The Balaban J connectivity index is 1.88. The van der Waals surface area contributed by atoms with Crippen LogP contribution in [0.2, 0.25) is 0 Å². The van der Waals surface area contributed by atoms with Crippen LogP contribution in [-0.4, -0.2) is 29.1 Å². The molecule has 0 aliphatic carbocycles. The van der Waals surface area contributed by atoms with Crippen molar-refractivity contribution in [1.82, 2.24) is 4.90 Å². The Labute approximate surface area is 159 Å². The molecule has 5 heteroatoms. The lowest BCUT2D eigenvalue weighted by Gasteiger charge is -2.20. The number of carboxylic acid groups (broad SMARTS) is 1. The maximum Gasteiger partial charge on any atom is 0.330 e. The second-order valence-electron chi connectivity index (χ2n) is 6.70. The highest BCUT2D eigenvalue weighted by molar-refractivity contribution is 5.79. The van der Waals surface area contributed by atoms with Gasteiger partial charge in [0.05, 0.1) is 11.6 Å². The van der Waals surface area contributed by atoms with Crippen LogP contribution in [0.5, 0.6) is 0 Å². The van der Waals surface area contributed by atoms with Crippen LogP contribution in [0, 0.1) is 23.7 Å². The summed E-state index contributed by atoms with van der Waals surface area (Å²) in [6, 6.07) is 13.4. The third-order valence-electron chi connectivity index (χ3n) is 4.69. The molecule has 1 saturated heterocycles. The van der Waals surface area contributed by atoms with Crippen LogP contribution >= 0.6 is 0 Å². The summed E-state index contributed by atoms with van der Waals surface area (Å²) in [6.45, 7) is 2.88. The minimum absolute atomic E-state index is 0.523. The fourth-order valence-corrected chi connectivity index (χ4v) is 3.35. The van der Waals surface area contributed by atoms with Crippen LogP contribution in [0.25, 0.3) is 0 Å². The summed E-state index contributed by atoms with van der Waals surface area (Å²) in [5.74, 6) is 1.64. The predicted octanol–water partition coefficient (Wildman–Crippen LogP) is 3.37. The highest BCUT2D eigenvalue weighted by Crippen LogP contribution is 2.24. The number of aliphatic carboxylic acids is 1. The summed E-state index contributed by atoms with van der Waals surface area (Å²) in [4.78, 5) is 14.3. The predicted molar refractivity (Wildman–Crippen MR) is 104 cm³/mol. The van der Waals surface area contributed by atoms with E-state index >= 15 is 0 Å². The Morgan fingerprint density at radius 1 is 1.19 bits per heavy atom. The number of carbonyl (C=O) groups is 1. The second-order valence-corrected chi connectivity index (χ2v) is 6.70. The molecule has 136 valence electrons. The molecule has 1 unspecified atom stereocenters. The first kappa shape index (κ1) is 18.5. The number of hydrogen-bond acceptors (Lipinski definition) is 4. The lowest BCUT2D eigenvalue weighted by atomic mass is 9.99. The maximum absolute atomic E-state index is 11.9. The number of hydrogen-bond donors (Lipinski definition) is 2. The summed E-state index contributed by atoms with van der Waals surface area (Å²) >= 11 is 0. The fraction of sp³-hybridized carbons (Fsp3) is 0.273. The molecule has 1 atom stereocenters. The van der Waals surface area contributed by atoms with E-state index in [-0.39, 0.29) is 0 Å². The number of benzene rings is 2. The van der Waals surface area contributed by atoms with E-state index in [0.717, 1.165) is 25.2 Å². The van der Waals surface area contributed by atoms with Gasteiger partial charge in [-0.3, -0.25) is 4.90 Å². The lowest BCUT2D eigenvalue weighted by molar-refractivity contribution is -0.138. The average Bonchev–Trinajstić information content (AvgIpc) is 3.19. The van der Waals surface area contributed by atoms with E-state index in [1.807, 2.05) is 18.2 Å². The van der Waals surface area contributed by atoms with Crippen LogP contribution in [0.4, 0.5) is 5.69 Å². The SMILES string of the molecule is C#Cc1cc(CN2CCCC2)cc(C(Nc2ccc(C#N)cc2)C(=O)O)c1. The standard InChI is InChI=1S/C22H21N3O2/c1-2-16-11-18(15-25-9-3-4-10-25)13-19(12-16)21(22(26)27)24-20-7-5-17(14-23)6-8-20/h1,5-8,11-13,21,24H,3-4,9-10,15H2,(H,26,27). The number of nitriles is 1. The molecule has 0 radical (unpaired) electrons. The average molecular weight is 359 g/mol. The van der Waals surface area contributed by atoms with E-state index < -0.39 is 12.0 Å². The van der Waals surface area contributed by atoms with Gasteiger partial charge in [0.15, 0.2) is 6.04 Å². The summed E-state index contributed by atoms with van der Waals surface area (Å²) in [5.41, 5.74) is 3.48. The summed E-state index contributed by atoms with van der Waals surface area (Å²) in [6.07, 6.45) is 7.98. The van der Waals surface area contributed by atoms with Crippen LogP contribution in [0.15, 0.2) is 42.5 Å². The van der Waals surface area contributed by atoms with Crippen LogP contribution in [-0.2, 0) is 11.3 Å². The second kappa shape index (κ2) is 8.40. The van der Waals surface area contributed by atoms with Crippen molar-refractivity contribution in [1.29, 1.82) is 5.26 Å². The van der Waals surface area contributed by atoms with Gasteiger partial charge >= 0.3 is 5.97 Å². The quantitative estimate of drug-likeness (QED) is 0.774. The molecule has 2 N–H and O–H groups in total. The normalized spacial score (nSPS) is 14.9. The van der Waals surface area contributed by atoms with Gasteiger partial charge < -0.3 is 10.4 Å². The van der Waals surface area contributed by atoms with E-state index in [9.17, 15) is 9.90 Å². The molecule has 27 heavy (non-hydrogen) atoms. The first-order chi connectivity index (χ1) is 13.1. The van der Waals surface area contributed by atoms with Gasteiger partial charge in [-0.15, -0.1) is 6.42 Å². The largest absolute Gasteiger partial charge is 0.479 e. The molecule has 0 spiro atoms. The molecule has 0 aromatic heterocycles. The summed E-state index contributed by atoms with van der Waals surface area (Å²) in [5, 5.41) is 21.7. The molecule has 0 bridgehead atoms. The van der Waals surface area contributed by atoms with Crippen LogP contribution < -0.4 is 5.32 Å². The maximum atomic E-state index is 11.9. The number of likely N-dealkylation sites (tertiary alicyclic amines) is 1. The van der Waals surface area contributed by atoms with Crippen molar-refractivity contribution < 1.29 is 9.90 Å². The smallest absolute Gasteiger partial charge is 0.330 e. The number of terminal acetylenes is 1. The number of carboxylic acids is 1. The molecule has 0 amide bonds. The Kier molecular flexibility index (Phi) is 5.76. The number of rotatable bonds is 6. The van der Waals surface area contributed by atoms with Gasteiger partial charge in [-0.25, -0.2) is 4.79 Å². The van der Waals surface area contributed by atoms with E-state index in [1.165, 1.54) is 12.8 Å². The van der Waals surface area contributed by atoms with E-state index in [0.29, 0.717) is 22.4 Å². The van der Waals surface area contributed by atoms with Crippen LogP contribution in [0.1, 0.15) is 41.1 Å². The monoisotopic (exact) mass is 359 g/mol. The minimum atomic E-state index is -0.986. The van der Waals surface area contributed by atoms with Crippen LogP contribution in [0.3, 0.4) is 0 Å². The zero-order chi connectivity index (χ0) is 19.2. The van der Waals surface area contributed by atoms with Gasteiger partial charge in [0.1, 0.15) is 0 Å². The molecule has 1 heterocycles. The Bertz CT molecular complexity index is 901. The number of nitrogens with one attached hydrogen (secondary N) is 1. The first-order valence-corrected chi connectivity index (χ1v) is 8.91. The van der Waals surface area contributed by atoms with E-state index in [1.54, 1.807) is 30.3 Å². The molecule has 1 aliphatic rings. The molecule has 1 fully saturated rings. The van der Waals surface area contributed by atoms with Gasteiger partial charge in [-0.1, -0.05) is 12.0 Å². The molecule has 1 aliphatic heterocycles. The van der Waals surface area contributed by atoms with Crippen molar-refractivity contribution in [3.05, 3.63) is 64.7 Å². The zero-order valence-corrected chi connectivity index (χ0v) is 15.0. The number of nitrogens with zero attached hydrogens (tertiary/aromatic N) is 2. The lowest BCUT2D eigenvalue weighted by Crippen LogP contribution is -2.22.